The van der Waals surface area contributed by atoms with Crippen LogP contribution in [0.4, 0.5) is 0 Å². The van der Waals surface area contributed by atoms with Crippen molar-refractivity contribution in [2.24, 2.45) is 0 Å². The maximum Gasteiger partial charge on any atom is 0.227 e. The third-order valence-electron chi connectivity index (χ3n) is 2.73. The number of amides is 1. The zero-order valence-electron chi connectivity index (χ0n) is 11.1. The molecule has 0 bridgehead atoms. The fourth-order valence-electron chi connectivity index (χ4n) is 1.72. The zero-order chi connectivity index (χ0) is 14.4. The first kappa shape index (κ1) is 14.8. The summed E-state index contributed by atoms with van der Waals surface area (Å²) in [7, 11) is 1.81. The minimum atomic E-state index is -0.133. The van der Waals surface area contributed by atoms with Crippen LogP contribution in [0, 0.1) is 11.8 Å². The van der Waals surface area contributed by atoms with Crippen molar-refractivity contribution in [1.82, 2.24) is 4.90 Å². The van der Waals surface area contributed by atoms with Crippen LogP contribution in [-0.4, -0.2) is 29.6 Å². The van der Waals surface area contributed by atoms with Crippen molar-refractivity contribution in [1.29, 1.82) is 0 Å². The average Bonchev–Trinajstić information content (AvgIpc) is 3.08. The minimum Gasteiger partial charge on any atom is -0.384 e. The Hall–Kier alpha value is -1.61. The van der Waals surface area contributed by atoms with Crippen LogP contribution in [0.1, 0.15) is 16.0 Å². The van der Waals surface area contributed by atoms with Crippen molar-refractivity contribution in [2.45, 2.75) is 13.0 Å². The Morgan fingerprint density at radius 1 is 1.40 bits per heavy atom. The Bertz CT molecular complexity index is 620. The molecule has 5 heteroatoms. The van der Waals surface area contributed by atoms with Crippen molar-refractivity contribution >= 4 is 28.6 Å². The van der Waals surface area contributed by atoms with E-state index < -0.39 is 0 Å². The topological polar surface area (TPSA) is 40.5 Å². The van der Waals surface area contributed by atoms with E-state index in [1.807, 2.05) is 35.3 Å². The molecule has 2 rings (SSSR count). The zero-order valence-corrected chi connectivity index (χ0v) is 12.8. The Morgan fingerprint density at radius 3 is 2.95 bits per heavy atom. The van der Waals surface area contributed by atoms with Crippen LogP contribution in [0.15, 0.2) is 28.3 Å². The Morgan fingerprint density at radius 2 is 2.25 bits per heavy atom. The van der Waals surface area contributed by atoms with Gasteiger partial charge in [-0.1, -0.05) is 11.8 Å². The van der Waals surface area contributed by atoms with Gasteiger partial charge in [-0.25, -0.2) is 0 Å². The van der Waals surface area contributed by atoms with Gasteiger partial charge in [-0.15, -0.1) is 11.3 Å². The van der Waals surface area contributed by atoms with Crippen LogP contribution in [0.2, 0.25) is 0 Å². The van der Waals surface area contributed by atoms with Crippen molar-refractivity contribution < 1.29 is 9.90 Å². The van der Waals surface area contributed by atoms with Crippen LogP contribution < -0.4 is 0 Å². The second-order valence-electron chi connectivity index (χ2n) is 4.34. The Kier molecular flexibility index (Phi) is 5.36. The first-order chi connectivity index (χ1) is 9.69. The van der Waals surface area contributed by atoms with Crippen LogP contribution in [0.3, 0.4) is 0 Å². The largest absolute Gasteiger partial charge is 0.384 e. The molecule has 0 fully saturated rings. The fourth-order valence-corrected chi connectivity index (χ4v) is 3.16. The van der Waals surface area contributed by atoms with E-state index in [4.69, 9.17) is 5.11 Å². The van der Waals surface area contributed by atoms with Crippen LogP contribution in [-0.2, 0) is 17.8 Å². The molecule has 0 saturated heterocycles. The number of hydrogen-bond acceptors (Lipinski definition) is 4. The average molecular weight is 305 g/mol. The predicted molar refractivity (Wildman–Crippen MR) is 82.8 cm³/mol. The van der Waals surface area contributed by atoms with Crippen LogP contribution in [0.25, 0.3) is 0 Å². The maximum atomic E-state index is 12.1. The van der Waals surface area contributed by atoms with Crippen molar-refractivity contribution in [3.8, 4) is 11.8 Å². The molecule has 0 radical (unpaired) electrons. The maximum absolute atomic E-state index is 12.1. The molecule has 1 amide bonds. The summed E-state index contributed by atoms with van der Waals surface area (Å²) in [6, 6.07) is 3.94. The highest BCUT2D eigenvalue weighted by Gasteiger charge is 2.11. The molecule has 2 aromatic rings. The summed E-state index contributed by atoms with van der Waals surface area (Å²) >= 11 is 3.13. The van der Waals surface area contributed by atoms with E-state index in [2.05, 4.69) is 11.8 Å². The van der Waals surface area contributed by atoms with Crippen LogP contribution in [0.5, 0.6) is 0 Å². The van der Waals surface area contributed by atoms with Gasteiger partial charge in [-0.2, -0.15) is 11.3 Å². The number of rotatable bonds is 4. The molecule has 0 saturated carbocycles. The van der Waals surface area contributed by atoms with Gasteiger partial charge in [-0.05, 0) is 39.4 Å². The summed E-state index contributed by atoms with van der Waals surface area (Å²) in [5.74, 6) is 5.60. The highest BCUT2D eigenvalue weighted by molar-refractivity contribution is 7.10. The molecule has 0 aliphatic heterocycles. The summed E-state index contributed by atoms with van der Waals surface area (Å²) in [5, 5.41) is 14.6. The molecule has 0 spiro atoms. The Labute approximate surface area is 126 Å². The van der Waals surface area contributed by atoms with Crippen molar-refractivity contribution in [3.05, 3.63) is 44.3 Å². The van der Waals surface area contributed by atoms with E-state index in [-0.39, 0.29) is 12.5 Å². The predicted octanol–water partition coefficient (Wildman–Crippen LogP) is 2.35. The van der Waals surface area contributed by atoms with Gasteiger partial charge in [0.1, 0.15) is 6.61 Å². The van der Waals surface area contributed by atoms with Gasteiger partial charge in [0.2, 0.25) is 5.91 Å². The number of aliphatic hydroxyl groups excluding tert-OH is 1. The van der Waals surface area contributed by atoms with E-state index in [1.165, 1.54) is 11.3 Å². The summed E-state index contributed by atoms with van der Waals surface area (Å²) < 4.78 is 0. The molecule has 1 N–H and O–H groups in total. The molecular formula is C15H15NO2S2. The number of carbonyl (C=O) groups excluding carboxylic acids is 1. The molecule has 0 aliphatic carbocycles. The van der Waals surface area contributed by atoms with Gasteiger partial charge in [-0.3, -0.25) is 4.79 Å². The minimum absolute atomic E-state index is 0.109. The highest BCUT2D eigenvalue weighted by atomic mass is 32.1. The molecule has 0 unspecified atom stereocenters. The summed E-state index contributed by atoms with van der Waals surface area (Å²) in [4.78, 5) is 14.7. The number of nitrogens with zero attached hydrogens (tertiary/aromatic N) is 1. The summed E-state index contributed by atoms with van der Waals surface area (Å²) in [6.07, 6.45) is 0.446. The normalized spacial score (nSPS) is 9.90. The molecule has 0 atom stereocenters. The lowest BCUT2D eigenvalue weighted by atomic mass is 10.2. The standard InChI is InChI=1S/C15H15NO2S2/c1-16(15(18)8-12-4-6-19-10-12)9-13-7-14(20-11-13)3-2-5-17/h4,6-7,10-11,17H,5,8-9H2,1H3. The molecule has 104 valence electrons. The lowest BCUT2D eigenvalue weighted by Crippen LogP contribution is -2.27. The lowest BCUT2D eigenvalue weighted by molar-refractivity contribution is -0.129. The summed E-state index contributed by atoms with van der Waals surface area (Å²) in [6.45, 7) is 0.451. The lowest BCUT2D eigenvalue weighted by Gasteiger charge is -2.15. The van der Waals surface area contributed by atoms with E-state index in [0.717, 1.165) is 16.0 Å². The van der Waals surface area contributed by atoms with E-state index in [0.29, 0.717) is 13.0 Å². The first-order valence-electron chi connectivity index (χ1n) is 6.11. The van der Waals surface area contributed by atoms with E-state index in [1.54, 1.807) is 16.2 Å². The Balaban J connectivity index is 1.92. The SMILES string of the molecule is CN(Cc1csc(C#CCO)c1)C(=O)Cc1ccsc1. The number of thiophene rings is 2. The molecule has 0 aliphatic rings. The van der Waals surface area contributed by atoms with E-state index in [9.17, 15) is 4.79 Å². The monoisotopic (exact) mass is 305 g/mol. The second-order valence-corrected chi connectivity index (χ2v) is 6.03. The number of hydrogen-bond donors (Lipinski definition) is 1. The number of aliphatic hydroxyl groups is 1. The van der Waals surface area contributed by atoms with Gasteiger partial charge in [0.15, 0.2) is 0 Å². The van der Waals surface area contributed by atoms with Gasteiger partial charge >= 0.3 is 0 Å². The molecule has 3 nitrogen and oxygen atoms in total. The second kappa shape index (κ2) is 7.25. The number of carbonyl (C=O) groups is 1. The third kappa shape index (κ3) is 4.20. The smallest absolute Gasteiger partial charge is 0.227 e. The third-order valence-corrected chi connectivity index (χ3v) is 4.35. The van der Waals surface area contributed by atoms with Gasteiger partial charge < -0.3 is 10.0 Å². The van der Waals surface area contributed by atoms with Gasteiger partial charge in [0.25, 0.3) is 0 Å². The summed E-state index contributed by atoms with van der Waals surface area (Å²) in [5.41, 5.74) is 2.13. The van der Waals surface area contributed by atoms with Crippen LogP contribution >= 0.6 is 22.7 Å². The molecular weight excluding hydrogens is 290 g/mol. The molecule has 20 heavy (non-hydrogen) atoms. The molecule has 0 aromatic carbocycles. The van der Waals surface area contributed by atoms with Crippen molar-refractivity contribution in [3.63, 3.8) is 0 Å². The number of likely N-dealkylation sites (N-methyl/N-ethyl adjacent to an activating group) is 1. The highest BCUT2D eigenvalue weighted by Crippen LogP contribution is 2.16. The molecule has 2 aromatic heterocycles. The first-order valence-corrected chi connectivity index (χ1v) is 7.93. The van der Waals surface area contributed by atoms with Gasteiger partial charge in [0, 0.05) is 13.6 Å². The van der Waals surface area contributed by atoms with E-state index >= 15 is 0 Å². The van der Waals surface area contributed by atoms with Crippen molar-refractivity contribution in [2.75, 3.05) is 13.7 Å². The molecule has 2 heterocycles. The van der Waals surface area contributed by atoms with Gasteiger partial charge in [0.05, 0.1) is 11.3 Å². The quantitative estimate of drug-likeness (QED) is 0.881. The fraction of sp³-hybridized carbons (Fsp3) is 0.267.